The van der Waals surface area contributed by atoms with Crippen LogP contribution >= 0.6 is 12.2 Å². The van der Waals surface area contributed by atoms with Gasteiger partial charge in [0.1, 0.15) is 12.1 Å². The Labute approximate surface area is 335 Å². The number of hydrogen-bond acceptors (Lipinski definition) is 9. The SMILES string of the molecule is CC[C@H](C)[C@@H]([C@@H](CC(=S)N1CCC[C@H]1[C@H](OC)[C@@H](C)C(=O)N[C@H](C)[C@@H](O)c1ccccc1)OC)N(C)C(=O)[C@@H](NC(=O)[C@H](C(C)C)N(C)C(=O)OC)C(C)C. The third-order valence-electron chi connectivity index (χ3n) is 11.3. The molecule has 1 aliphatic heterocycles. The van der Waals surface area contributed by atoms with Crippen LogP contribution in [0.1, 0.15) is 92.7 Å². The molecule has 0 unspecified atom stereocenters. The molecule has 13 nitrogen and oxygen atoms in total. The minimum Gasteiger partial charge on any atom is -0.453 e. The van der Waals surface area contributed by atoms with Gasteiger partial charge in [0.25, 0.3) is 0 Å². The number of methoxy groups -OCH3 is 3. The monoisotopic (exact) mass is 791 g/mol. The Balaban J connectivity index is 2.28. The number of likely N-dealkylation sites (N-methyl/N-ethyl adjacent to an activating group) is 2. The summed E-state index contributed by atoms with van der Waals surface area (Å²) in [7, 11) is 7.74. The lowest BCUT2D eigenvalue weighted by Crippen LogP contribution is -2.60. The molecule has 4 amide bonds. The number of amides is 4. The first-order valence-electron chi connectivity index (χ1n) is 19.6. The first-order chi connectivity index (χ1) is 25.9. The number of thiocarbonyl (C=S) groups is 1. The van der Waals surface area contributed by atoms with Crippen LogP contribution in [0.2, 0.25) is 0 Å². The maximum Gasteiger partial charge on any atom is 0.409 e. The van der Waals surface area contributed by atoms with Crippen molar-refractivity contribution in [1.82, 2.24) is 25.3 Å². The molecule has 0 spiro atoms. The number of aliphatic hydroxyl groups is 1. The number of likely N-dealkylation sites (tertiary alicyclic amines) is 1. The molecule has 0 aromatic heterocycles. The van der Waals surface area contributed by atoms with Gasteiger partial charge in [-0.25, -0.2) is 4.79 Å². The fourth-order valence-corrected chi connectivity index (χ4v) is 8.23. The van der Waals surface area contributed by atoms with E-state index >= 15 is 0 Å². The Morgan fingerprint density at radius 3 is 2.04 bits per heavy atom. The zero-order valence-corrected chi connectivity index (χ0v) is 36.2. The highest BCUT2D eigenvalue weighted by molar-refractivity contribution is 7.80. The van der Waals surface area contributed by atoms with Crippen molar-refractivity contribution < 1.29 is 38.5 Å². The van der Waals surface area contributed by atoms with Gasteiger partial charge in [-0.3, -0.25) is 19.3 Å². The molecular weight excluding hydrogens is 723 g/mol. The summed E-state index contributed by atoms with van der Waals surface area (Å²) in [6.07, 6.45) is 0.307. The van der Waals surface area contributed by atoms with Gasteiger partial charge in [-0.15, -0.1) is 0 Å². The molecule has 1 aliphatic rings. The summed E-state index contributed by atoms with van der Waals surface area (Å²) in [6, 6.07) is 6.46. The maximum atomic E-state index is 14.4. The Morgan fingerprint density at radius 2 is 1.53 bits per heavy atom. The van der Waals surface area contributed by atoms with E-state index in [4.69, 9.17) is 26.4 Å². The Bertz CT molecular complexity index is 1400. The molecule has 1 heterocycles. The van der Waals surface area contributed by atoms with Crippen LogP contribution in [0, 0.1) is 23.7 Å². The minimum atomic E-state index is -0.865. The van der Waals surface area contributed by atoms with Crippen LogP contribution < -0.4 is 10.6 Å². The number of hydrogen-bond donors (Lipinski definition) is 3. The van der Waals surface area contributed by atoms with Crippen molar-refractivity contribution in [2.45, 2.75) is 130 Å². The van der Waals surface area contributed by atoms with E-state index in [2.05, 4.69) is 29.4 Å². The van der Waals surface area contributed by atoms with Crippen molar-refractivity contribution in [2.24, 2.45) is 23.7 Å². The summed E-state index contributed by atoms with van der Waals surface area (Å²) < 4.78 is 17.0. The summed E-state index contributed by atoms with van der Waals surface area (Å²) in [5, 5.41) is 16.8. The largest absolute Gasteiger partial charge is 0.453 e. The van der Waals surface area contributed by atoms with Gasteiger partial charge in [0.15, 0.2) is 0 Å². The van der Waals surface area contributed by atoms with Crippen LogP contribution in [0.4, 0.5) is 4.79 Å². The molecule has 0 bridgehead atoms. The molecule has 55 heavy (non-hydrogen) atoms. The summed E-state index contributed by atoms with van der Waals surface area (Å²) in [5.74, 6) is -1.95. The molecule has 14 heteroatoms. The molecular formula is C41H69N5O8S. The normalized spacial score (nSPS) is 19.3. The summed E-state index contributed by atoms with van der Waals surface area (Å²) >= 11 is 6.12. The van der Waals surface area contributed by atoms with E-state index in [1.165, 1.54) is 19.1 Å². The quantitative estimate of drug-likeness (QED) is 0.157. The van der Waals surface area contributed by atoms with E-state index in [1.807, 2.05) is 65.0 Å². The highest BCUT2D eigenvalue weighted by atomic mass is 32.1. The van der Waals surface area contributed by atoms with Crippen molar-refractivity contribution >= 4 is 41.0 Å². The predicted molar refractivity (Wildman–Crippen MR) is 218 cm³/mol. The van der Waals surface area contributed by atoms with E-state index in [9.17, 15) is 24.3 Å². The average Bonchev–Trinajstić information content (AvgIpc) is 3.65. The van der Waals surface area contributed by atoms with Crippen LogP contribution in [-0.4, -0.2) is 133 Å². The second kappa shape index (κ2) is 22.4. The highest BCUT2D eigenvalue weighted by Gasteiger charge is 2.42. The van der Waals surface area contributed by atoms with Gasteiger partial charge in [0, 0.05) is 41.3 Å². The molecule has 1 fully saturated rings. The first kappa shape index (κ1) is 47.8. The molecule has 1 aromatic rings. The van der Waals surface area contributed by atoms with Gasteiger partial charge in [0.2, 0.25) is 17.7 Å². The number of benzene rings is 1. The summed E-state index contributed by atoms with van der Waals surface area (Å²) in [5.41, 5.74) is 0.724. The van der Waals surface area contributed by atoms with Gasteiger partial charge in [0.05, 0.1) is 54.5 Å². The van der Waals surface area contributed by atoms with Crippen LogP contribution in [0.5, 0.6) is 0 Å². The Kier molecular flexibility index (Phi) is 19.5. The Hall–Kier alpha value is -3.33. The molecule has 2 rings (SSSR count). The summed E-state index contributed by atoms with van der Waals surface area (Å²) in [4.78, 5) is 59.6. The van der Waals surface area contributed by atoms with Crippen LogP contribution in [0.15, 0.2) is 30.3 Å². The zero-order chi connectivity index (χ0) is 41.7. The van der Waals surface area contributed by atoms with E-state index in [0.717, 1.165) is 24.8 Å². The maximum absolute atomic E-state index is 14.4. The van der Waals surface area contributed by atoms with E-state index in [1.54, 1.807) is 33.1 Å². The number of carbonyl (C=O) groups excluding carboxylic acids is 4. The van der Waals surface area contributed by atoms with Crippen LogP contribution in [0.25, 0.3) is 0 Å². The standard InChI is InChI=1S/C41H69N5O8S/c1-14-26(6)35(44(9)40(50)33(24(2)3)43-39(49)34(25(4)5)45(10)41(51)54-13)31(52-11)23-32(55)46-22-18-21-30(46)37(53-12)27(7)38(48)42-28(8)36(47)29-19-16-15-17-20-29/h15-17,19-20,24-28,30-31,33-37,47H,14,18,21-23H2,1-13H3,(H,42,48)(H,43,49)/t26-,27+,28+,30-,31+,33-,34-,35-,36+,37+/m0/s1. The van der Waals surface area contributed by atoms with Gasteiger partial charge >= 0.3 is 6.09 Å². The van der Waals surface area contributed by atoms with Crippen molar-refractivity contribution in [2.75, 3.05) is 42.0 Å². The third kappa shape index (κ3) is 12.3. The van der Waals surface area contributed by atoms with Gasteiger partial charge in [-0.05, 0) is 43.1 Å². The zero-order valence-electron chi connectivity index (χ0n) is 35.4. The van der Waals surface area contributed by atoms with Crippen LogP contribution in [-0.2, 0) is 28.6 Å². The smallest absolute Gasteiger partial charge is 0.409 e. The van der Waals surface area contributed by atoms with Gasteiger partial charge in [-0.1, -0.05) is 97.4 Å². The molecule has 312 valence electrons. The molecule has 0 aliphatic carbocycles. The molecule has 1 aromatic carbocycles. The molecule has 0 radical (unpaired) electrons. The molecule has 3 N–H and O–H groups in total. The number of carbonyl (C=O) groups is 4. The third-order valence-corrected chi connectivity index (χ3v) is 11.7. The second-order valence-corrected chi connectivity index (χ2v) is 16.2. The highest BCUT2D eigenvalue weighted by Crippen LogP contribution is 2.30. The van der Waals surface area contributed by atoms with Gasteiger partial charge < -0.3 is 39.8 Å². The van der Waals surface area contributed by atoms with E-state index < -0.39 is 60.4 Å². The molecule has 0 saturated carbocycles. The minimum absolute atomic E-state index is 0.0112. The van der Waals surface area contributed by atoms with Crippen LogP contribution in [0.3, 0.4) is 0 Å². The number of rotatable bonds is 20. The van der Waals surface area contributed by atoms with E-state index in [-0.39, 0.29) is 35.6 Å². The summed E-state index contributed by atoms with van der Waals surface area (Å²) in [6.45, 7) is 15.9. The predicted octanol–water partition coefficient (Wildman–Crippen LogP) is 4.81. The molecule has 1 saturated heterocycles. The lowest BCUT2D eigenvalue weighted by atomic mass is 9.89. The Morgan fingerprint density at radius 1 is 0.909 bits per heavy atom. The average molecular weight is 792 g/mol. The lowest BCUT2D eigenvalue weighted by Gasteiger charge is -2.41. The lowest BCUT2D eigenvalue weighted by molar-refractivity contribution is -0.143. The van der Waals surface area contributed by atoms with Crippen molar-refractivity contribution in [1.29, 1.82) is 0 Å². The number of ether oxygens (including phenoxy) is 3. The number of aliphatic hydroxyl groups excluding tert-OH is 1. The van der Waals surface area contributed by atoms with E-state index in [0.29, 0.717) is 18.0 Å². The number of nitrogens with one attached hydrogen (secondary N) is 2. The topological polar surface area (TPSA) is 150 Å². The van der Waals surface area contributed by atoms with Crippen molar-refractivity contribution in [3.8, 4) is 0 Å². The second-order valence-electron chi connectivity index (χ2n) is 15.7. The van der Waals surface area contributed by atoms with Crippen molar-refractivity contribution in [3.63, 3.8) is 0 Å². The number of nitrogens with zero attached hydrogens (tertiary/aromatic N) is 3. The van der Waals surface area contributed by atoms with Crippen molar-refractivity contribution in [3.05, 3.63) is 35.9 Å². The molecule has 10 atom stereocenters. The fraction of sp³-hybridized carbons (Fsp3) is 0.732. The first-order valence-corrected chi connectivity index (χ1v) is 20.0. The van der Waals surface area contributed by atoms with Gasteiger partial charge in [-0.2, -0.15) is 0 Å². The fourth-order valence-electron chi connectivity index (χ4n) is 7.83.